The summed E-state index contributed by atoms with van der Waals surface area (Å²) < 4.78 is 0. The molecule has 0 amide bonds. The zero-order chi connectivity index (χ0) is 14.1. The fourth-order valence-electron chi connectivity index (χ4n) is 3.50. The smallest absolute Gasteiger partial charge is 0.0140 e. The third-order valence-electron chi connectivity index (χ3n) is 3.69. The Morgan fingerprint density at radius 1 is 0.706 bits per heavy atom. The van der Waals surface area contributed by atoms with Crippen molar-refractivity contribution in [1.29, 1.82) is 0 Å². The molecule has 0 fully saturated rings. The maximum Gasteiger partial charge on any atom is -0.0140 e. The van der Waals surface area contributed by atoms with Gasteiger partial charge in [0.1, 0.15) is 0 Å². The molecule has 0 aromatic carbocycles. The minimum Gasteiger partial charge on any atom is -0.0770 e. The molecular weight excluding hydrogens is 204 g/mol. The van der Waals surface area contributed by atoms with Crippen molar-refractivity contribution >= 4 is 0 Å². The first-order valence-electron chi connectivity index (χ1n) is 6.91. The lowest BCUT2D eigenvalue weighted by molar-refractivity contribution is 0.150. The van der Waals surface area contributed by atoms with Crippen molar-refractivity contribution in [2.24, 2.45) is 16.2 Å². The van der Waals surface area contributed by atoms with Crippen molar-refractivity contribution in [1.82, 2.24) is 0 Å². The predicted molar refractivity (Wildman–Crippen MR) is 80.3 cm³/mol. The van der Waals surface area contributed by atoms with Gasteiger partial charge in [-0.05, 0) is 49.9 Å². The van der Waals surface area contributed by atoms with Crippen molar-refractivity contribution in [2.75, 3.05) is 0 Å². The lowest BCUT2D eigenvalue weighted by Gasteiger charge is -2.40. The fraction of sp³-hybridized carbons (Fsp3) is 0.882. The molecule has 0 heterocycles. The Morgan fingerprint density at radius 3 is 1.41 bits per heavy atom. The molecule has 0 aliphatic rings. The van der Waals surface area contributed by atoms with E-state index in [9.17, 15) is 0 Å². The first kappa shape index (κ1) is 16.7. The van der Waals surface area contributed by atoms with E-state index in [-0.39, 0.29) is 0 Å². The quantitative estimate of drug-likeness (QED) is 0.510. The van der Waals surface area contributed by atoms with Gasteiger partial charge in [0, 0.05) is 0 Å². The first-order chi connectivity index (χ1) is 7.27. The lowest BCUT2D eigenvalue weighted by atomic mass is 9.66. The number of allylic oxidation sites excluding steroid dienone is 2. The van der Waals surface area contributed by atoms with Crippen LogP contribution in [0.2, 0.25) is 0 Å². The second-order valence-electron chi connectivity index (χ2n) is 8.59. The van der Waals surface area contributed by atoms with Gasteiger partial charge in [0.15, 0.2) is 0 Å². The van der Waals surface area contributed by atoms with Crippen LogP contribution in [-0.2, 0) is 0 Å². The van der Waals surface area contributed by atoms with Gasteiger partial charge in [-0.1, -0.05) is 59.6 Å². The monoisotopic (exact) mass is 238 g/mol. The van der Waals surface area contributed by atoms with Gasteiger partial charge in [-0.3, -0.25) is 0 Å². The summed E-state index contributed by atoms with van der Waals surface area (Å²) in [6.45, 7) is 23.4. The third kappa shape index (κ3) is 6.29. The summed E-state index contributed by atoms with van der Waals surface area (Å²) in [7, 11) is 0. The molecule has 0 aliphatic heterocycles. The highest BCUT2D eigenvalue weighted by Gasteiger charge is 2.33. The molecule has 0 saturated carbocycles. The SMILES string of the molecule is CC(C)=C(C)C(C)(C)CC(C)(C)CC(C)(C)C. The van der Waals surface area contributed by atoms with E-state index in [2.05, 4.69) is 69.2 Å². The highest BCUT2D eigenvalue weighted by atomic mass is 14.4. The van der Waals surface area contributed by atoms with E-state index >= 15 is 0 Å². The number of hydrogen-bond donors (Lipinski definition) is 0. The zero-order valence-corrected chi connectivity index (χ0v) is 13.9. The van der Waals surface area contributed by atoms with E-state index in [0.717, 1.165) is 0 Å². The molecule has 0 unspecified atom stereocenters. The lowest BCUT2D eigenvalue weighted by Crippen LogP contribution is -2.28. The topological polar surface area (TPSA) is 0 Å². The molecule has 0 aliphatic carbocycles. The van der Waals surface area contributed by atoms with Crippen molar-refractivity contribution < 1.29 is 0 Å². The Kier molecular flexibility index (Phi) is 5.08. The number of rotatable bonds is 4. The second-order valence-corrected chi connectivity index (χ2v) is 8.59. The summed E-state index contributed by atoms with van der Waals surface area (Å²) in [5.74, 6) is 0. The van der Waals surface area contributed by atoms with Gasteiger partial charge in [0.25, 0.3) is 0 Å². The highest BCUT2D eigenvalue weighted by molar-refractivity contribution is 5.15. The second kappa shape index (κ2) is 5.16. The summed E-state index contributed by atoms with van der Waals surface area (Å²) in [5.41, 5.74) is 4.16. The van der Waals surface area contributed by atoms with Gasteiger partial charge in [0.2, 0.25) is 0 Å². The Hall–Kier alpha value is -0.260. The van der Waals surface area contributed by atoms with Gasteiger partial charge < -0.3 is 0 Å². The molecule has 0 saturated heterocycles. The van der Waals surface area contributed by atoms with Crippen molar-refractivity contribution in [3.8, 4) is 0 Å². The maximum atomic E-state index is 2.41. The Balaban J connectivity index is 4.89. The average Bonchev–Trinajstić information content (AvgIpc) is 1.94. The minimum atomic E-state index is 0.313. The van der Waals surface area contributed by atoms with E-state index in [1.807, 2.05) is 0 Å². The summed E-state index contributed by atoms with van der Waals surface area (Å²) in [6.07, 6.45) is 2.54. The molecule has 0 rings (SSSR count). The van der Waals surface area contributed by atoms with Crippen molar-refractivity contribution in [3.63, 3.8) is 0 Å². The molecule has 0 spiro atoms. The van der Waals surface area contributed by atoms with Crippen LogP contribution >= 0.6 is 0 Å². The van der Waals surface area contributed by atoms with E-state index in [4.69, 9.17) is 0 Å². The number of hydrogen-bond acceptors (Lipinski definition) is 0. The van der Waals surface area contributed by atoms with Crippen LogP contribution in [0.4, 0.5) is 0 Å². The van der Waals surface area contributed by atoms with Gasteiger partial charge >= 0.3 is 0 Å². The van der Waals surface area contributed by atoms with Gasteiger partial charge in [-0.2, -0.15) is 0 Å². The predicted octanol–water partition coefficient (Wildman–Crippen LogP) is 6.22. The molecule has 0 heteroatoms. The van der Waals surface area contributed by atoms with Crippen molar-refractivity contribution in [2.45, 2.75) is 82.1 Å². The Labute approximate surface area is 110 Å². The molecule has 0 aromatic heterocycles. The molecule has 0 bridgehead atoms. The Bertz CT molecular complexity index is 278. The van der Waals surface area contributed by atoms with Gasteiger partial charge in [-0.25, -0.2) is 0 Å². The molecule has 0 radical (unpaired) electrons. The molecule has 17 heavy (non-hydrogen) atoms. The van der Waals surface area contributed by atoms with E-state index < -0.39 is 0 Å². The van der Waals surface area contributed by atoms with Crippen LogP contribution in [0.1, 0.15) is 82.1 Å². The van der Waals surface area contributed by atoms with Crippen LogP contribution in [0.3, 0.4) is 0 Å². The highest BCUT2D eigenvalue weighted by Crippen LogP contribution is 2.45. The Morgan fingerprint density at radius 2 is 1.12 bits per heavy atom. The largest absolute Gasteiger partial charge is 0.0770 e. The van der Waals surface area contributed by atoms with E-state index in [1.54, 1.807) is 5.57 Å². The summed E-state index contributed by atoms with van der Waals surface area (Å²) in [6, 6.07) is 0. The van der Waals surface area contributed by atoms with Crippen LogP contribution in [-0.4, -0.2) is 0 Å². The van der Waals surface area contributed by atoms with E-state index in [1.165, 1.54) is 18.4 Å². The van der Waals surface area contributed by atoms with Crippen molar-refractivity contribution in [3.05, 3.63) is 11.1 Å². The van der Waals surface area contributed by atoms with Crippen LogP contribution in [0.25, 0.3) is 0 Å². The van der Waals surface area contributed by atoms with Crippen LogP contribution in [0.15, 0.2) is 11.1 Å². The molecule has 102 valence electrons. The first-order valence-corrected chi connectivity index (χ1v) is 6.91. The van der Waals surface area contributed by atoms with Gasteiger partial charge in [0.05, 0.1) is 0 Å². The summed E-state index contributed by atoms with van der Waals surface area (Å²) >= 11 is 0. The van der Waals surface area contributed by atoms with E-state index in [0.29, 0.717) is 16.2 Å². The summed E-state index contributed by atoms with van der Waals surface area (Å²) in [5, 5.41) is 0. The maximum absolute atomic E-state index is 2.41. The molecular formula is C17H34. The van der Waals surface area contributed by atoms with Crippen LogP contribution in [0.5, 0.6) is 0 Å². The minimum absolute atomic E-state index is 0.313. The fourth-order valence-corrected chi connectivity index (χ4v) is 3.50. The van der Waals surface area contributed by atoms with Crippen LogP contribution in [0, 0.1) is 16.2 Å². The van der Waals surface area contributed by atoms with Gasteiger partial charge in [-0.15, -0.1) is 0 Å². The zero-order valence-electron chi connectivity index (χ0n) is 13.9. The standard InChI is InChI=1S/C17H34/c1-13(2)14(3)17(9,10)12-16(7,8)11-15(4,5)6/h11-12H2,1-10H3. The van der Waals surface area contributed by atoms with Crippen LogP contribution < -0.4 is 0 Å². The average molecular weight is 238 g/mol. The molecule has 0 atom stereocenters. The third-order valence-corrected chi connectivity index (χ3v) is 3.69. The summed E-state index contributed by atoms with van der Waals surface area (Å²) in [4.78, 5) is 0. The normalized spacial score (nSPS) is 13.8. The molecule has 0 nitrogen and oxygen atoms in total. The molecule has 0 aromatic rings. The molecule has 0 N–H and O–H groups in total.